The minimum atomic E-state index is -1.12. The molecule has 1 aromatic rings. The normalized spacial score (nSPS) is 20.4. The first kappa shape index (κ1) is 35.3. The maximum absolute atomic E-state index is 12.5. The first-order valence-electron chi connectivity index (χ1n) is 13.6. The van der Waals surface area contributed by atoms with Gasteiger partial charge in [-0.15, -0.1) is 0 Å². The van der Waals surface area contributed by atoms with E-state index in [1.165, 1.54) is 0 Å². The number of carboxylic acids is 4. The van der Waals surface area contributed by atoms with Crippen LogP contribution >= 0.6 is 31.9 Å². The lowest BCUT2D eigenvalue weighted by Gasteiger charge is -2.37. The van der Waals surface area contributed by atoms with Crippen LogP contribution in [0, 0.1) is 0 Å². The molecule has 0 aliphatic carbocycles. The Hall–Kier alpha value is -3.22. The predicted molar refractivity (Wildman–Crippen MR) is 163 cm³/mol. The molecule has 17 heteroatoms. The second kappa shape index (κ2) is 16.2. The first-order chi connectivity index (χ1) is 20.7. The lowest BCUT2D eigenvalue weighted by molar-refractivity contribution is -0.142. The van der Waals surface area contributed by atoms with Crippen LogP contribution in [0.1, 0.15) is 5.56 Å². The number of amides is 2. The van der Waals surface area contributed by atoms with Gasteiger partial charge in [-0.1, -0.05) is 12.1 Å². The van der Waals surface area contributed by atoms with Gasteiger partial charge in [-0.3, -0.25) is 48.4 Å². The van der Waals surface area contributed by atoms with Crippen LogP contribution in [0.25, 0.3) is 0 Å². The summed E-state index contributed by atoms with van der Waals surface area (Å²) in [5, 5.41) is 38.1. The predicted octanol–water partition coefficient (Wildman–Crippen LogP) is 0.0323. The third kappa shape index (κ3) is 10.2. The van der Waals surface area contributed by atoms with E-state index in [1.807, 2.05) is 0 Å². The van der Waals surface area contributed by atoms with Crippen LogP contribution in [-0.4, -0.2) is 154 Å². The third-order valence-corrected chi connectivity index (χ3v) is 9.21. The second-order valence-electron chi connectivity index (χ2n) is 10.4. The molecule has 2 heterocycles. The van der Waals surface area contributed by atoms with E-state index in [0.717, 1.165) is 10.5 Å². The van der Waals surface area contributed by atoms with Gasteiger partial charge >= 0.3 is 23.9 Å². The van der Waals surface area contributed by atoms with Crippen molar-refractivity contribution in [2.45, 2.75) is 12.5 Å². The molecule has 1 aromatic carbocycles. The molecule has 1 atom stereocenters. The van der Waals surface area contributed by atoms with Gasteiger partial charge in [0.2, 0.25) is 0 Å². The van der Waals surface area contributed by atoms with Crippen molar-refractivity contribution in [3.63, 3.8) is 0 Å². The largest absolute Gasteiger partial charge is 0.480 e. The fraction of sp³-hybridized carbons (Fsp3) is 0.481. The summed E-state index contributed by atoms with van der Waals surface area (Å²) in [5.74, 6) is -5.45. The molecule has 1 unspecified atom stereocenters. The fourth-order valence-corrected chi connectivity index (χ4v) is 5.81. The van der Waals surface area contributed by atoms with Crippen LogP contribution in [0.2, 0.25) is 0 Å². The van der Waals surface area contributed by atoms with Gasteiger partial charge in [0.15, 0.2) is 0 Å². The van der Waals surface area contributed by atoms with Crippen LogP contribution in [0.4, 0.5) is 5.69 Å². The Bertz CT molecular complexity index is 1280. The van der Waals surface area contributed by atoms with Crippen LogP contribution in [0.3, 0.4) is 0 Å². The van der Waals surface area contributed by atoms with Gasteiger partial charge in [0, 0.05) is 51.9 Å². The van der Waals surface area contributed by atoms with Crippen LogP contribution in [-0.2, 0) is 35.2 Å². The molecule has 2 aliphatic heterocycles. The highest BCUT2D eigenvalue weighted by Crippen LogP contribution is 2.33. The lowest BCUT2D eigenvalue weighted by atomic mass is 10.0. The molecule has 0 spiro atoms. The van der Waals surface area contributed by atoms with Crippen LogP contribution < -0.4 is 4.90 Å². The zero-order chi connectivity index (χ0) is 32.6. The molecule has 1 saturated heterocycles. The minimum Gasteiger partial charge on any atom is -0.480 e. The van der Waals surface area contributed by atoms with Crippen molar-refractivity contribution in [3.8, 4) is 0 Å². The summed E-state index contributed by atoms with van der Waals surface area (Å²) in [7, 11) is 0. The zero-order valence-electron chi connectivity index (χ0n) is 23.6. The first-order valence-corrected chi connectivity index (χ1v) is 15.1. The molecular formula is C27H33Br2N5O10. The summed E-state index contributed by atoms with van der Waals surface area (Å²) < 4.78 is 0.197. The van der Waals surface area contributed by atoms with E-state index in [9.17, 15) is 49.2 Å². The molecule has 0 aromatic heterocycles. The van der Waals surface area contributed by atoms with Crippen molar-refractivity contribution >= 4 is 73.2 Å². The molecule has 0 bridgehead atoms. The SMILES string of the molecule is O=C(O)CN1CCN(CC(=O)O)CCN(CC(=O)O)C(Cc2ccc(N3C(=O)C(Br)=C(Br)C3=O)cc2)CN(CC(=O)O)CC1. The Kier molecular flexibility index (Phi) is 13.0. The topological polar surface area (TPSA) is 200 Å². The van der Waals surface area contributed by atoms with E-state index in [1.54, 1.807) is 43.9 Å². The molecule has 240 valence electrons. The number of carbonyl (C=O) groups excluding carboxylic acids is 2. The van der Waals surface area contributed by atoms with E-state index in [4.69, 9.17) is 0 Å². The van der Waals surface area contributed by atoms with Gasteiger partial charge < -0.3 is 20.4 Å². The average molecular weight is 747 g/mol. The highest BCUT2D eigenvalue weighted by Gasteiger charge is 2.37. The molecule has 3 rings (SSSR count). The maximum Gasteiger partial charge on any atom is 0.317 e. The van der Waals surface area contributed by atoms with E-state index in [2.05, 4.69) is 31.9 Å². The lowest BCUT2D eigenvalue weighted by Crippen LogP contribution is -2.53. The number of halogens is 2. The summed E-state index contributed by atoms with van der Waals surface area (Å²) in [6, 6.07) is 6.01. The smallest absolute Gasteiger partial charge is 0.317 e. The van der Waals surface area contributed by atoms with Crippen molar-refractivity contribution in [2.24, 2.45) is 0 Å². The number of rotatable bonds is 11. The Morgan fingerprint density at radius 3 is 1.50 bits per heavy atom. The van der Waals surface area contributed by atoms with Gasteiger partial charge in [0.05, 0.1) is 31.9 Å². The number of carbonyl (C=O) groups is 6. The maximum atomic E-state index is 12.5. The molecule has 0 saturated carbocycles. The average Bonchev–Trinajstić information content (AvgIpc) is 3.12. The molecule has 0 radical (unpaired) electrons. The highest BCUT2D eigenvalue weighted by atomic mass is 79.9. The second-order valence-corrected chi connectivity index (χ2v) is 12.0. The van der Waals surface area contributed by atoms with Gasteiger partial charge in [0.25, 0.3) is 11.8 Å². The zero-order valence-corrected chi connectivity index (χ0v) is 26.8. The van der Waals surface area contributed by atoms with Crippen molar-refractivity contribution < 1.29 is 49.2 Å². The number of benzene rings is 1. The molecule has 4 N–H and O–H groups in total. The molecule has 2 amide bonds. The quantitative estimate of drug-likeness (QED) is 0.221. The number of nitrogens with zero attached hydrogens (tertiary/aromatic N) is 5. The van der Waals surface area contributed by atoms with Crippen molar-refractivity contribution in [3.05, 3.63) is 38.8 Å². The van der Waals surface area contributed by atoms with E-state index < -0.39 is 41.7 Å². The van der Waals surface area contributed by atoms with Gasteiger partial charge in [-0.2, -0.15) is 0 Å². The molecule has 2 aliphatic rings. The number of hydrogen-bond donors (Lipinski definition) is 4. The van der Waals surface area contributed by atoms with Gasteiger partial charge in [-0.05, 0) is 56.0 Å². The van der Waals surface area contributed by atoms with Crippen molar-refractivity contribution in [2.75, 3.05) is 76.9 Å². The Morgan fingerprint density at radius 2 is 1.05 bits per heavy atom. The summed E-state index contributed by atoms with van der Waals surface area (Å²) in [6.07, 6.45) is 0.259. The molecule has 1 fully saturated rings. The number of anilines is 1. The Balaban J connectivity index is 1.92. The summed E-state index contributed by atoms with van der Waals surface area (Å²) in [4.78, 5) is 79.3. The van der Waals surface area contributed by atoms with Gasteiger partial charge in [-0.25, -0.2) is 4.90 Å². The van der Waals surface area contributed by atoms with Crippen molar-refractivity contribution in [1.29, 1.82) is 0 Å². The molecular weight excluding hydrogens is 714 g/mol. The summed E-state index contributed by atoms with van der Waals surface area (Å²) in [5.41, 5.74) is 1.04. The minimum absolute atomic E-state index is 0.0986. The summed E-state index contributed by atoms with van der Waals surface area (Å²) >= 11 is 6.20. The number of imide groups is 1. The number of carboxylic acid groups (broad SMARTS) is 4. The number of aliphatic carboxylic acids is 4. The van der Waals surface area contributed by atoms with E-state index >= 15 is 0 Å². The van der Waals surface area contributed by atoms with Crippen LogP contribution in [0.5, 0.6) is 0 Å². The monoisotopic (exact) mass is 745 g/mol. The highest BCUT2D eigenvalue weighted by molar-refractivity contribution is 9.14. The third-order valence-electron chi connectivity index (χ3n) is 7.21. The standard InChI is InChI=1S/C27H33Br2N5O10/c28-24-25(29)27(44)34(26(24)43)18-3-1-17(2-4-18)11-19-12-32(15-22(39)40)8-7-30(13-20(35)36)5-6-31(14-21(37)38)9-10-33(19)16-23(41)42/h1-4,19H,5-16H2,(H,35,36)(H,37,38)(H,39,40)(H,41,42). The van der Waals surface area contributed by atoms with Crippen molar-refractivity contribution in [1.82, 2.24) is 19.6 Å². The van der Waals surface area contributed by atoms with Crippen LogP contribution in [0.15, 0.2) is 33.2 Å². The van der Waals surface area contributed by atoms with Gasteiger partial charge in [0.1, 0.15) is 8.96 Å². The summed E-state index contributed by atoms with van der Waals surface area (Å²) in [6.45, 7) is -0.158. The van der Waals surface area contributed by atoms with E-state index in [0.29, 0.717) is 5.69 Å². The fourth-order valence-electron chi connectivity index (χ4n) is 5.12. The van der Waals surface area contributed by atoms with E-state index in [-0.39, 0.29) is 87.4 Å². The molecule has 15 nitrogen and oxygen atoms in total. The Labute approximate surface area is 269 Å². The Morgan fingerprint density at radius 1 is 0.636 bits per heavy atom. The number of hydrogen-bond acceptors (Lipinski definition) is 10. The molecule has 44 heavy (non-hydrogen) atoms.